The van der Waals surface area contributed by atoms with E-state index in [0.717, 1.165) is 5.56 Å². The molecule has 1 unspecified atom stereocenters. The molecule has 2 heterocycles. The molecule has 1 aliphatic rings. The van der Waals surface area contributed by atoms with Crippen LogP contribution < -0.4 is 5.32 Å². The van der Waals surface area contributed by atoms with Crippen molar-refractivity contribution in [2.45, 2.75) is 52.6 Å². The van der Waals surface area contributed by atoms with Gasteiger partial charge in [0.15, 0.2) is 6.10 Å². The Balaban J connectivity index is 1.95. The maximum atomic E-state index is 12.8. The molecule has 0 bridgehead atoms. The minimum absolute atomic E-state index is 0.0186. The van der Waals surface area contributed by atoms with E-state index >= 15 is 0 Å². The monoisotopic (exact) mass is 491 g/mol. The van der Waals surface area contributed by atoms with Crippen LogP contribution in [0.2, 0.25) is 0 Å². The number of ether oxygens (including phenoxy) is 2. The van der Waals surface area contributed by atoms with Gasteiger partial charge in [0.1, 0.15) is 4.88 Å². The lowest BCUT2D eigenvalue weighted by Crippen LogP contribution is -2.50. The molecule has 1 fully saturated rings. The van der Waals surface area contributed by atoms with E-state index in [1.807, 2.05) is 26.8 Å². The van der Waals surface area contributed by atoms with Crippen LogP contribution in [0, 0.1) is 5.41 Å². The minimum atomic E-state index is -4.16. The van der Waals surface area contributed by atoms with Gasteiger partial charge in [0, 0.05) is 12.0 Å². The number of amides is 1. The number of phosphoric ester groups is 1. The van der Waals surface area contributed by atoms with E-state index in [1.165, 1.54) is 18.4 Å². The predicted octanol–water partition coefficient (Wildman–Crippen LogP) is 3.41. The fourth-order valence-corrected chi connectivity index (χ4v) is 5.35. The van der Waals surface area contributed by atoms with Crippen molar-refractivity contribution in [2.75, 3.05) is 27.1 Å². The first-order valence-electron chi connectivity index (χ1n) is 9.96. The van der Waals surface area contributed by atoms with Crippen LogP contribution in [0.5, 0.6) is 0 Å². The summed E-state index contributed by atoms with van der Waals surface area (Å²) in [6, 6.07) is 1.85. The van der Waals surface area contributed by atoms with Crippen LogP contribution in [0.15, 0.2) is 11.4 Å². The lowest BCUT2D eigenvalue weighted by molar-refractivity contribution is -0.144. The highest BCUT2D eigenvalue weighted by molar-refractivity contribution is 7.48. The normalized spacial score (nSPS) is 22.8. The topological polar surface area (TPSA) is 126 Å². The Bertz CT molecular complexity index is 890. The molecule has 12 heteroatoms. The van der Waals surface area contributed by atoms with Crippen LogP contribution in [-0.4, -0.2) is 51.0 Å². The average Bonchev–Trinajstić information content (AvgIpc) is 3.20. The minimum Gasteiger partial charge on any atom is -0.469 e. The molecule has 1 amide bonds. The van der Waals surface area contributed by atoms with Crippen LogP contribution >= 0.6 is 19.2 Å². The van der Waals surface area contributed by atoms with Crippen molar-refractivity contribution in [1.29, 1.82) is 0 Å². The van der Waals surface area contributed by atoms with Crippen molar-refractivity contribution in [2.24, 2.45) is 5.41 Å². The first kappa shape index (κ1) is 26.5. The van der Waals surface area contributed by atoms with Gasteiger partial charge in [-0.15, -0.1) is 11.3 Å². The predicted molar refractivity (Wildman–Crippen MR) is 116 cm³/mol. The van der Waals surface area contributed by atoms with Gasteiger partial charge in [-0.3, -0.25) is 18.6 Å². The Kier molecular flexibility index (Phi) is 8.63. The van der Waals surface area contributed by atoms with Gasteiger partial charge >= 0.3 is 19.8 Å². The first-order chi connectivity index (χ1) is 14.8. The van der Waals surface area contributed by atoms with Crippen molar-refractivity contribution in [3.8, 4) is 0 Å². The number of carbonyl (C=O) groups excluding carboxylic acids is 3. The van der Waals surface area contributed by atoms with Gasteiger partial charge in [-0.25, -0.2) is 13.9 Å². The lowest BCUT2D eigenvalue weighted by Gasteiger charge is -2.39. The highest BCUT2D eigenvalue weighted by Gasteiger charge is 2.49. The molecule has 1 aliphatic heterocycles. The van der Waals surface area contributed by atoms with Crippen LogP contribution in [0.1, 0.15) is 56.3 Å². The van der Waals surface area contributed by atoms with E-state index in [9.17, 15) is 18.9 Å². The molecule has 0 radical (unpaired) electrons. The summed E-state index contributed by atoms with van der Waals surface area (Å²) in [5.41, 5.74) is -0.242. The molecule has 1 saturated heterocycles. The summed E-state index contributed by atoms with van der Waals surface area (Å²) in [5, 5.41) is 4.33. The molecule has 0 aromatic carbocycles. The number of thiophene rings is 1. The van der Waals surface area contributed by atoms with Gasteiger partial charge < -0.3 is 14.8 Å². The Labute approximate surface area is 191 Å². The maximum Gasteiger partial charge on any atom is 0.478 e. The Morgan fingerprint density at radius 2 is 2.00 bits per heavy atom. The van der Waals surface area contributed by atoms with Crippen LogP contribution in [0.25, 0.3) is 0 Å². The Morgan fingerprint density at radius 1 is 1.31 bits per heavy atom. The zero-order valence-corrected chi connectivity index (χ0v) is 20.8. The summed E-state index contributed by atoms with van der Waals surface area (Å²) in [6.45, 7) is 8.59. The second-order valence-corrected chi connectivity index (χ2v) is 11.4. The quantitative estimate of drug-likeness (QED) is 0.331. The van der Waals surface area contributed by atoms with Gasteiger partial charge in [0.2, 0.25) is 12.7 Å². The first-order valence-corrected chi connectivity index (χ1v) is 12.3. The highest BCUT2D eigenvalue weighted by atomic mass is 32.1. The van der Waals surface area contributed by atoms with Gasteiger partial charge in [0.05, 0.1) is 20.1 Å². The van der Waals surface area contributed by atoms with Crippen LogP contribution in [-0.2, 0) is 42.6 Å². The number of rotatable bonds is 8. The van der Waals surface area contributed by atoms with Crippen molar-refractivity contribution in [3.05, 3.63) is 21.9 Å². The summed E-state index contributed by atoms with van der Waals surface area (Å²) in [7, 11) is -2.92. The third-order valence-electron chi connectivity index (χ3n) is 4.69. The number of hydrogen-bond donors (Lipinski definition) is 1. The van der Waals surface area contributed by atoms with Crippen molar-refractivity contribution < 1.29 is 42.0 Å². The molecule has 0 aliphatic carbocycles. The number of esters is 2. The molecular weight excluding hydrogens is 461 g/mol. The zero-order valence-electron chi connectivity index (χ0n) is 19.1. The summed E-state index contributed by atoms with van der Waals surface area (Å²) < 4.78 is 38.2. The van der Waals surface area contributed by atoms with E-state index in [2.05, 4.69) is 10.1 Å². The highest BCUT2D eigenvalue weighted by Crippen LogP contribution is 2.57. The van der Waals surface area contributed by atoms with E-state index in [-0.39, 0.29) is 25.0 Å². The van der Waals surface area contributed by atoms with Gasteiger partial charge in [-0.05, 0) is 22.4 Å². The standard InChI is InChI=1S/C20H30NO9PS/c1-19(2,3)13-8-10-32-15(13)18(24)27-12-29-31(25)28-11-20(4,5)16(30-31)17(23)21-9-7-14(22)26-6/h8,10,16H,7,9,11-12H2,1-6H3,(H,21,23)/t16-,31?/m0/s1. The van der Waals surface area contributed by atoms with Crippen molar-refractivity contribution in [1.82, 2.24) is 5.32 Å². The molecule has 10 nitrogen and oxygen atoms in total. The van der Waals surface area contributed by atoms with Crippen LogP contribution in [0.4, 0.5) is 0 Å². The van der Waals surface area contributed by atoms with E-state index in [1.54, 1.807) is 19.2 Å². The molecular formula is C20H30NO9PS. The molecule has 0 saturated carbocycles. The molecule has 32 heavy (non-hydrogen) atoms. The third kappa shape index (κ3) is 6.86. The molecule has 1 aromatic rings. The number of nitrogens with one attached hydrogen (secondary N) is 1. The van der Waals surface area contributed by atoms with Crippen molar-refractivity contribution >= 4 is 37.0 Å². The largest absolute Gasteiger partial charge is 0.478 e. The fourth-order valence-electron chi connectivity index (χ4n) is 2.84. The Hall–Kier alpha value is -1.78. The van der Waals surface area contributed by atoms with Crippen molar-refractivity contribution in [3.63, 3.8) is 0 Å². The zero-order chi connectivity index (χ0) is 24.2. The summed E-state index contributed by atoms with van der Waals surface area (Å²) >= 11 is 1.24. The number of methoxy groups -OCH3 is 1. The van der Waals surface area contributed by atoms with E-state index in [0.29, 0.717) is 4.88 Å². The second kappa shape index (κ2) is 10.4. The molecule has 2 rings (SSSR count). The second-order valence-electron chi connectivity index (χ2n) is 8.90. The molecule has 0 spiro atoms. The lowest BCUT2D eigenvalue weighted by atomic mass is 9.87. The Morgan fingerprint density at radius 3 is 2.62 bits per heavy atom. The molecule has 180 valence electrons. The fraction of sp³-hybridized carbons (Fsp3) is 0.650. The summed E-state index contributed by atoms with van der Waals surface area (Å²) in [6.07, 6.45) is -1.19. The van der Waals surface area contributed by atoms with Gasteiger partial charge in [0.25, 0.3) is 0 Å². The summed E-state index contributed by atoms with van der Waals surface area (Å²) in [5.74, 6) is -1.67. The van der Waals surface area contributed by atoms with Crippen LogP contribution in [0.3, 0.4) is 0 Å². The molecule has 1 N–H and O–H groups in total. The smallest absolute Gasteiger partial charge is 0.469 e. The SMILES string of the molecule is COC(=O)CCNC(=O)[C@@H]1OP(=O)(OCOC(=O)c2sccc2C(C)(C)C)OCC1(C)C. The number of carbonyl (C=O) groups is 3. The third-order valence-corrected chi connectivity index (χ3v) is 6.92. The molecule has 2 atom stereocenters. The average molecular weight is 491 g/mol. The number of hydrogen-bond acceptors (Lipinski definition) is 10. The maximum absolute atomic E-state index is 12.8. The molecule has 1 aromatic heterocycles. The number of phosphoric acid groups is 1. The van der Waals surface area contributed by atoms with E-state index in [4.69, 9.17) is 18.3 Å². The van der Waals surface area contributed by atoms with E-state index < -0.39 is 44.0 Å². The van der Waals surface area contributed by atoms with Gasteiger partial charge in [-0.2, -0.15) is 0 Å². The summed E-state index contributed by atoms with van der Waals surface area (Å²) in [4.78, 5) is 36.6. The van der Waals surface area contributed by atoms with Gasteiger partial charge in [-0.1, -0.05) is 34.6 Å².